The van der Waals surface area contributed by atoms with Crippen LogP contribution in [0.15, 0.2) is 73.1 Å². The van der Waals surface area contributed by atoms with Crippen LogP contribution in [-0.2, 0) is 22.6 Å². The molecule has 0 fully saturated rings. The largest absolute Gasteiger partial charge is 0.497 e. The Balaban J connectivity index is 1.43. The standard InChI is InChI=1S/C38H41N7O4/c1-7-44(38(47)49-22-23(2)3)21-28-18-39-19-31(24(28)4)27-13-16-34-30(17-27)35(43-45(34)20-26-11-14-29(48-6)15-12-26)37-41-33-10-8-9-32(36(33)42-37)40-25(5)46/h8-19,23H,7,20-22H2,1-6H3,(H,40,46)(H,41,42). The normalized spacial score (nSPS) is 11.3. The molecule has 3 heterocycles. The Morgan fingerprint density at radius 2 is 1.86 bits per heavy atom. The number of benzene rings is 3. The van der Waals surface area contributed by atoms with E-state index in [1.807, 2.05) is 80.3 Å². The second kappa shape index (κ2) is 14.2. The molecule has 3 aromatic heterocycles. The number of amides is 2. The number of imidazole rings is 1. The summed E-state index contributed by atoms with van der Waals surface area (Å²) in [5.41, 5.74) is 8.65. The molecule has 0 unspecified atom stereocenters. The van der Waals surface area contributed by atoms with Gasteiger partial charge in [0.05, 0.1) is 43.5 Å². The molecule has 11 nitrogen and oxygen atoms in total. The molecule has 252 valence electrons. The van der Waals surface area contributed by atoms with Gasteiger partial charge in [-0.2, -0.15) is 5.10 Å². The fourth-order valence-electron chi connectivity index (χ4n) is 5.84. The topological polar surface area (TPSA) is 127 Å². The fourth-order valence-corrected chi connectivity index (χ4v) is 5.84. The highest BCUT2D eigenvalue weighted by Gasteiger charge is 2.21. The van der Waals surface area contributed by atoms with Crippen LogP contribution in [0.4, 0.5) is 10.5 Å². The highest BCUT2D eigenvalue weighted by molar-refractivity contribution is 6.01. The molecule has 0 radical (unpaired) electrons. The third-order valence-corrected chi connectivity index (χ3v) is 8.46. The van der Waals surface area contributed by atoms with Crippen molar-refractivity contribution in [2.45, 2.75) is 47.7 Å². The molecule has 0 spiro atoms. The van der Waals surface area contributed by atoms with Crippen LogP contribution < -0.4 is 10.1 Å². The Kier molecular flexibility index (Phi) is 9.61. The van der Waals surface area contributed by atoms with Crippen molar-refractivity contribution < 1.29 is 19.1 Å². The van der Waals surface area contributed by atoms with Gasteiger partial charge in [0.2, 0.25) is 5.91 Å². The maximum Gasteiger partial charge on any atom is 0.410 e. The van der Waals surface area contributed by atoms with Gasteiger partial charge in [-0.3, -0.25) is 14.5 Å². The van der Waals surface area contributed by atoms with E-state index in [4.69, 9.17) is 19.6 Å². The summed E-state index contributed by atoms with van der Waals surface area (Å²) in [4.78, 5) is 39.3. The van der Waals surface area contributed by atoms with Gasteiger partial charge in [-0.1, -0.05) is 38.1 Å². The number of nitrogens with zero attached hydrogens (tertiary/aromatic N) is 5. The SMILES string of the molecule is CCN(Cc1cncc(-c2ccc3c(c2)c(-c2nc4c(NC(C)=O)cccc4[nH]2)nn3Cc2ccc(OC)cc2)c1C)C(=O)OCC(C)C. The number of aromatic nitrogens is 5. The van der Waals surface area contributed by atoms with E-state index in [2.05, 4.69) is 40.4 Å². The summed E-state index contributed by atoms with van der Waals surface area (Å²) in [6, 6.07) is 19.8. The van der Waals surface area contributed by atoms with Gasteiger partial charge in [0.25, 0.3) is 0 Å². The van der Waals surface area contributed by atoms with E-state index >= 15 is 0 Å². The van der Waals surface area contributed by atoms with Gasteiger partial charge >= 0.3 is 6.09 Å². The Labute approximate surface area is 285 Å². The lowest BCUT2D eigenvalue weighted by atomic mass is 9.97. The molecule has 2 amide bonds. The van der Waals surface area contributed by atoms with Crippen LogP contribution in [-0.4, -0.2) is 61.9 Å². The monoisotopic (exact) mass is 659 g/mol. The van der Waals surface area contributed by atoms with Crippen LogP contribution >= 0.6 is 0 Å². The summed E-state index contributed by atoms with van der Waals surface area (Å²) in [5, 5.41) is 8.87. The minimum atomic E-state index is -0.330. The molecule has 6 aromatic rings. The van der Waals surface area contributed by atoms with Crippen LogP contribution in [0.25, 0.3) is 44.6 Å². The molecule has 0 bridgehead atoms. The molecule has 11 heteroatoms. The zero-order valence-electron chi connectivity index (χ0n) is 28.7. The Morgan fingerprint density at radius 3 is 2.57 bits per heavy atom. The molecule has 3 aromatic carbocycles. The number of nitrogens with one attached hydrogen (secondary N) is 2. The van der Waals surface area contributed by atoms with Crippen molar-refractivity contribution in [1.29, 1.82) is 0 Å². The number of carbonyl (C=O) groups excluding carboxylic acids is 2. The van der Waals surface area contributed by atoms with Crippen LogP contribution in [0.1, 0.15) is 44.4 Å². The predicted molar refractivity (Wildman–Crippen MR) is 191 cm³/mol. The molecule has 6 rings (SSSR count). The average molecular weight is 660 g/mol. The van der Waals surface area contributed by atoms with Crippen molar-refractivity contribution in [3.8, 4) is 28.4 Å². The van der Waals surface area contributed by atoms with Gasteiger partial charge in [0.15, 0.2) is 5.82 Å². The predicted octanol–water partition coefficient (Wildman–Crippen LogP) is 7.58. The van der Waals surface area contributed by atoms with Gasteiger partial charge in [-0.25, -0.2) is 9.78 Å². The molecule has 0 aliphatic rings. The first-order valence-corrected chi connectivity index (χ1v) is 16.4. The van der Waals surface area contributed by atoms with Crippen molar-refractivity contribution in [1.82, 2.24) is 29.6 Å². The number of anilines is 1. The highest BCUT2D eigenvalue weighted by Crippen LogP contribution is 2.35. The average Bonchev–Trinajstić information content (AvgIpc) is 3.69. The maximum atomic E-state index is 12.8. The molecule has 0 saturated carbocycles. The second-order valence-corrected chi connectivity index (χ2v) is 12.5. The first-order chi connectivity index (χ1) is 23.6. The number of hydrogen-bond donors (Lipinski definition) is 2. The number of ether oxygens (including phenoxy) is 2. The Bertz CT molecular complexity index is 2130. The fraction of sp³-hybridized carbons (Fsp3) is 0.289. The zero-order valence-corrected chi connectivity index (χ0v) is 28.7. The van der Waals surface area contributed by atoms with Gasteiger partial charge in [-0.05, 0) is 78.4 Å². The number of para-hydroxylation sites is 1. The third-order valence-electron chi connectivity index (χ3n) is 8.46. The van der Waals surface area contributed by atoms with E-state index in [-0.39, 0.29) is 17.9 Å². The minimum absolute atomic E-state index is 0.170. The van der Waals surface area contributed by atoms with E-state index in [0.29, 0.717) is 49.0 Å². The number of fused-ring (bicyclic) bond motifs is 2. The molecule has 49 heavy (non-hydrogen) atoms. The van der Waals surface area contributed by atoms with Crippen LogP contribution in [0.3, 0.4) is 0 Å². The maximum absolute atomic E-state index is 12.8. The van der Waals surface area contributed by atoms with E-state index in [1.165, 1.54) is 6.92 Å². The second-order valence-electron chi connectivity index (χ2n) is 12.5. The minimum Gasteiger partial charge on any atom is -0.497 e. The van der Waals surface area contributed by atoms with Crippen LogP contribution in [0.5, 0.6) is 5.75 Å². The Morgan fingerprint density at radius 1 is 1.06 bits per heavy atom. The zero-order chi connectivity index (χ0) is 34.7. The van der Waals surface area contributed by atoms with Gasteiger partial charge in [-0.15, -0.1) is 0 Å². The van der Waals surface area contributed by atoms with E-state index in [0.717, 1.165) is 50.0 Å². The number of rotatable bonds is 11. The van der Waals surface area contributed by atoms with Crippen LogP contribution in [0.2, 0.25) is 0 Å². The summed E-state index contributed by atoms with van der Waals surface area (Å²) in [6.07, 6.45) is 3.34. The lowest BCUT2D eigenvalue weighted by Crippen LogP contribution is -2.32. The van der Waals surface area contributed by atoms with Crippen molar-refractivity contribution >= 4 is 39.6 Å². The van der Waals surface area contributed by atoms with E-state index in [9.17, 15) is 9.59 Å². The summed E-state index contributed by atoms with van der Waals surface area (Å²) < 4.78 is 12.8. The number of methoxy groups -OCH3 is 1. The summed E-state index contributed by atoms with van der Waals surface area (Å²) in [7, 11) is 1.65. The van der Waals surface area contributed by atoms with Crippen LogP contribution in [0, 0.1) is 12.8 Å². The summed E-state index contributed by atoms with van der Waals surface area (Å²) in [6.45, 7) is 11.3. The molecule has 0 saturated heterocycles. The molecular weight excluding hydrogens is 618 g/mol. The number of aromatic amines is 1. The lowest BCUT2D eigenvalue weighted by Gasteiger charge is -2.22. The smallest absolute Gasteiger partial charge is 0.410 e. The number of carbonyl (C=O) groups is 2. The molecule has 2 N–H and O–H groups in total. The first kappa shape index (κ1) is 33.2. The van der Waals surface area contributed by atoms with Gasteiger partial charge in [0, 0.05) is 36.8 Å². The van der Waals surface area contributed by atoms with E-state index < -0.39 is 0 Å². The van der Waals surface area contributed by atoms with Gasteiger partial charge < -0.3 is 24.7 Å². The number of hydrogen-bond acceptors (Lipinski definition) is 7. The molecule has 0 atom stereocenters. The van der Waals surface area contributed by atoms with Crippen molar-refractivity contribution in [3.63, 3.8) is 0 Å². The highest BCUT2D eigenvalue weighted by atomic mass is 16.6. The quantitative estimate of drug-likeness (QED) is 0.147. The Hall–Kier alpha value is -5.71. The molecule has 0 aliphatic carbocycles. The number of pyridine rings is 1. The van der Waals surface area contributed by atoms with Crippen molar-refractivity contribution in [2.75, 3.05) is 25.6 Å². The van der Waals surface area contributed by atoms with E-state index in [1.54, 1.807) is 12.0 Å². The van der Waals surface area contributed by atoms with Crippen molar-refractivity contribution in [2.24, 2.45) is 5.92 Å². The number of H-pyrrole nitrogens is 1. The van der Waals surface area contributed by atoms with Crippen molar-refractivity contribution in [3.05, 3.63) is 89.7 Å². The lowest BCUT2D eigenvalue weighted by molar-refractivity contribution is -0.114. The third kappa shape index (κ3) is 7.11. The van der Waals surface area contributed by atoms with Gasteiger partial charge in [0.1, 0.15) is 17.0 Å². The summed E-state index contributed by atoms with van der Waals surface area (Å²) in [5.74, 6) is 1.47. The first-order valence-electron chi connectivity index (χ1n) is 16.4. The molecule has 0 aliphatic heterocycles. The molecular formula is C38H41N7O4. The summed E-state index contributed by atoms with van der Waals surface area (Å²) >= 11 is 0.